The van der Waals surface area contributed by atoms with Crippen LogP contribution in [0.4, 0.5) is 5.69 Å². The van der Waals surface area contributed by atoms with E-state index in [0.717, 1.165) is 29.9 Å². The van der Waals surface area contributed by atoms with Crippen molar-refractivity contribution in [1.29, 1.82) is 0 Å². The number of amides is 2. The topological polar surface area (TPSA) is 91.3 Å². The number of carbonyl (C=O) groups excluding carboxylic acids is 2. The van der Waals surface area contributed by atoms with Crippen LogP contribution in [-0.4, -0.2) is 65.6 Å². The lowest BCUT2D eigenvalue weighted by molar-refractivity contribution is -0.117. The molecule has 1 fully saturated rings. The summed E-state index contributed by atoms with van der Waals surface area (Å²) in [4.78, 5) is 30.2. The second-order valence-electron chi connectivity index (χ2n) is 11.3. The smallest absolute Gasteiger partial charge is 0.258 e. The molecule has 0 spiro atoms. The molecule has 8 heteroatoms. The molecule has 1 aliphatic carbocycles. The third kappa shape index (κ3) is 7.07. The van der Waals surface area contributed by atoms with Gasteiger partial charge < -0.3 is 24.8 Å². The fourth-order valence-corrected chi connectivity index (χ4v) is 5.11. The maximum Gasteiger partial charge on any atom is 0.258 e. The number of nitrogens with zero attached hydrogens (tertiary/aromatic N) is 2. The quantitative estimate of drug-likeness (QED) is 0.357. The van der Waals surface area contributed by atoms with Gasteiger partial charge in [0.25, 0.3) is 5.91 Å². The van der Waals surface area contributed by atoms with E-state index < -0.39 is 0 Å². The predicted octanol–water partition coefficient (Wildman–Crippen LogP) is 5.18. The van der Waals surface area contributed by atoms with Gasteiger partial charge in [0, 0.05) is 31.5 Å². The first-order chi connectivity index (χ1) is 19.8. The first-order valence-electron chi connectivity index (χ1n) is 14.3. The lowest BCUT2D eigenvalue weighted by atomic mass is 9.98. The molecule has 0 radical (unpaired) electrons. The van der Waals surface area contributed by atoms with Crippen molar-refractivity contribution < 1.29 is 24.2 Å². The van der Waals surface area contributed by atoms with Crippen molar-refractivity contribution >= 4 is 17.5 Å². The molecule has 0 bridgehead atoms. The van der Waals surface area contributed by atoms with Crippen molar-refractivity contribution in [3.63, 3.8) is 0 Å². The molecule has 2 amide bonds. The summed E-state index contributed by atoms with van der Waals surface area (Å²) in [6.45, 7) is 5.51. The van der Waals surface area contributed by atoms with Gasteiger partial charge in [0.2, 0.25) is 5.91 Å². The van der Waals surface area contributed by atoms with Gasteiger partial charge in [-0.3, -0.25) is 14.5 Å². The number of fused-ring (bicyclic) bond motifs is 1. The van der Waals surface area contributed by atoms with Crippen LogP contribution in [0.5, 0.6) is 17.2 Å². The predicted molar refractivity (Wildman–Crippen MR) is 158 cm³/mol. The Balaban J connectivity index is 1.34. The summed E-state index contributed by atoms with van der Waals surface area (Å²) in [5.41, 5.74) is 2.04. The molecule has 1 heterocycles. The van der Waals surface area contributed by atoms with E-state index in [2.05, 4.69) is 29.3 Å². The SMILES string of the molecule is C[C@@H]1CN([C@H](C)CO)C(=O)c2cccc(NC(=O)C3CC3)c2O[C@H]1CN(C)Cc1ccc(Oc2ccccc2)cc1. The number of rotatable bonds is 10. The van der Waals surface area contributed by atoms with E-state index in [1.54, 1.807) is 23.1 Å². The molecule has 1 saturated carbocycles. The molecule has 41 heavy (non-hydrogen) atoms. The number of aliphatic hydroxyl groups excluding tert-OH is 1. The molecule has 3 aromatic carbocycles. The number of benzene rings is 3. The van der Waals surface area contributed by atoms with E-state index in [4.69, 9.17) is 9.47 Å². The molecule has 5 rings (SSSR count). The van der Waals surface area contributed by atoms with Gasteiger partial charge in [-0.25, -0.2) is 0 Å². The molecular weight excluding hydrogens is 518 g/mol. The average molecular weight is 558 g/mol. The van der Waals surface area contributed by atoms with Crippen LogP contribution in [-0.2, 0) is 11.3 Å². The Morgan fingerprint density at radius 3 is 2.46 bits per heavy atom. The van der Waals surface area contributed by atoms with E-state index in [1.807, 2.05) is 56.4 Å². The van der Waals surface area contributed by atoms with Crippen LogP contribution in [0.3, 0.4) is 0 Å². The Morgan fingerprint density at radius 2 is 1.78 bits per heavy atom. The molecule has 1 aliphatic heterocycles. The minimum absolute atomic E-state index is 0.0198. The van der Waals surface area contributed by atoms with Crippen molar-refractivity contribution in [3.05, 3.63) is 83.9 Å². The largest absolute Gasteiger partial charge is 0.486 e. The molecule has 3 aromatic rings. The van der Waals surface area contributed by atoms with Gasteiger partial charge in [-0.1, -0.05) is 43.3 Å². The average Bonchev–Trinajstić information content (AvgIpc) is 3.82. The number of aliphatic hydroxyl groups is 1. The zero-order valence-electron chi connectivity index (χ0n) is 24.0. The number of anilines is 1. The Kier molecular flexibility index (Phi) is 8.90. The molecule has 0 saturated heterocycles. The third-order valence-electron chi connectivity index (χ3n) is 7.74. The highest BCUT2D eigenvalue weighted by Crippen LogP contribution is 2.37. The summed E-state index contributed by atoms with van der Waals surface area (Å²) in [6.07, 6.45) is 1.50. The standard InChI is InChI=1S/C33H39N3O5/c1-22-18-36(23(2)21-37)33(39)28-10-7-11-29(34-32(38)25-14-15-25)31(28)41-30(22)20-35(3)19-24-12-16-27(17-13-24)40-26-8-5-4-6-9-26/h4-13,16-17,22-23,25,30,37H,14-15,18-21H2,1-3H3,(H,34,38)/t22-,23-,30+/m1/s1. The first kappa shape index (κ1) is 28.6. The van der Waals surface area contributed by atoms with E-state index in [0.29, 0.717) is 36.6 Å². The molecule has 2 N–H and O–H groups in total. The Bertz CT molecular complexity index is 1340. The highest BCUT2D eigenvalue weighted by atomic mass is 16.5. The van der Waals surface area contributed by atoms with E-state index in [9.17, 15) is 14.7 Å². The zero-order valence-corrected chi connectivity index (χ0v) is 24.0. The van der Waals surface area contributed by atoms with Gasteiger partial charge in [0.1, 0.15) is 17.6 Å². The number of hydrogen-bond acceptors (Lipinski definition) is 6. The number of carbonyl (C=O) groups is 2. The van der Waals surface area contributed by atoms with Crippen molar-refractivity contribution in [2.45, 2.75) is 45.4 Å². The highest BCUT2D eigenvalue weighted by Gasteiger charge is 2.36. The minimum atomic E-state index is -0.351. The molecule has 3 atom stereocenters. The molecule has 8 nitrogen and oxygen atoms in total. The number of nitrogens with one attached hydrogen (secondary N) is 1. The van der Waals surface area contributed by atoms with Crippen molar-refractivity contribution in [2.75, 3.05) is 32.1 Å². The normalized spacial score (nSPS) is 19.5. The molecule has 216 valence electrons. The van der Waals surface area contributed by atoms with Crippen LogP contribution >= 0.6 is 0 Å². The van der Waals surface area contributed by atoms with Gasteiger partial charge in [0.05, 0.1) is 23.9 Å². The van der Waals surface area contributed by atoms with Crippen molar-refractivity contribution in [3.8, 4) is 17.2 Å². The Labute approximate surface area is 241 Å². The lowest BCUT2D eigenvalue weighted by Crippen LogP contribution is -2.49. The maximum atomic E-state index is 13.6. The van der Waals surface area contributed by atoms with Crippen LogP contribution < -0.4 is 14.8 Å². The monoisotopic (exact) mass is 557 g/mol. The third-order valence-corrected chi connectivity index (χ3v) is 7.74. The Hall–Kier alpha value is -3.88. The zero-order chi connectivity index (χ0) is 28.9. The molecule has 0 aromatic heterocycles. The lowest BCUT2D eigenvalue weighted by Gasteiger charge is -2.38. The van der Waals surface area contributed by atoms with E-state index in [-0.39, 0.29) is 42.4 Å². The fourth-order valence-electron chi connectivity index (χ4n) is 5.11. The second-order valence-corrected chi connectivity index (χ2v) is 11.3. The van der Waals surface area contributed by atoms with E-state index >= 15 is 0 Å². The summed E-state index contributed by atoms with van der Waals surface area (Å²) in [7, 11) is 2.05. The summed E-state index contributed by atoms with van der Waals surface area (Å²) < 4.78 is 12.5. The molecule has 2 aliphatic rings. The van der Waals surface area contributed by atoms with Gasteiger partial charge in [0.15, 0.2) is 5.75 Å². The number of para-hydroxylation sites is 2. The highest BCUT2D eigenvalue weighted by molar-refractivity contribution is 6.02. The second kappa shape index (κ2) is 12.7. The van der Waals surface area contributed by atoms with Crippen LogP contribution in [0.15, 0.2) is 72.8 Å². The number of likely N-dealkylation sites (N-methyl/N-ethyl adjacent to an activating group) is 1. The van der Waals surface area contributed by atoms with Gasteiger partial charge >= 0.3 is 0 Å². The fraction of sp³-hybridized carbons (Fsp3) is 0.394. The minimum Gasteiger partial charge on any atom is -0.486 e. The van der Waals surface area contributed by atoms with Crippen LogP contribution in [0.2, 0.25) is 0 Å². The Morgan fingerprint density at radius 1 is 1.07 bits per heavy atom. The van der Waals surface area contributed by atoms with Crippen molar-refractivity contribution in [2.24, 2.45) is 11.8 Å². The van der Waals surface area contributed by atoms with Crippen molar-refractivity contribution in [1.82, 2.24) is 9.80 Å². The van der Waals surface area contributed by atoms with Gasteiger partial charge in [-0.15, -0.1) is 0 Å². The number of ether oxygens (including phenoxy) is 2. The molecule has 0 unspecified atom stereocenters. The first-order valence-corrected chi connectivity index (χ1v) is 14.3. The summed E-state index contributed by atoms with van der Waals surface area (Å²) in [5, 5.41) is 12.9. The van der Waals surface area contributed by atoms with Gasteiger partial charge in [-0.2, -0.15) is 0 Å². The molecular formula is C33H39N3O5. The van der Waals surface area contributed by atoms with E-state index in [1.165, 1.54) is 0 Å². The summed E-state index contributed by atoms with van der Waals surface area (Å²) in [6, 6.07) is 22.7. The van der Waals surface area contributed by atoms with Crippen LogP contribution in [0.1, 0.15) is 42.6 Å². The maximum absolute atomic E-state index is 13.6. The van der Waals surface area contributed by atoms with Crippen LogP contribution in [0, 0.1) is 11.8 Å². The number of hydrogen-bond donors (Lipinski definition) is 2. The summed E-state index contributed by atoms with van der Waals surface area (Å²) >= 11 is 0. The van der Waals surface area contributed by atoms with Gasteiger partial charge in [-0.05, 0) is 68.8 Å². The summed E-state index contributed by atoms with van der Waals surface area (Å²) in [5.74, 6) is 1.71. The van der Waals surface area contributed by atoms with Crippen LogP contribution in [0.25, 0.3) is 0 Å².